The van der Waals surface area contributed by atoms with E-state index < -0.39 is 7.82 Å². The van der Waals surface area contributed by atoms with Crippen molar-refractivity contribution in [3.05, 3.63) is 0 Å². The van der Waals surface area contributed by atoms with Gasteiger partial charge in [-0.3, -0.25) is 0 Å². The zero-order valence-corrected chi connectivity index (χ0v) is 10.8. The van der Waals surface area contributed by atoms with Gasteiger partial charge in [0.15, 0.2) is 0 Å². The van der Waals surface area contributed by atoms with Gasteiger partial charge in [0.1, 0.15) is 0 Å². The first-order chi connectivity index (χ1) is 2.00. The van der Waals surface area contributed by atoms with E-state index in [1.165, 1.54) is 0 Å². The third-order valence-corrected chi connectivity index (χ3v) is 0. The Labute approximate surface area is 101 Å². The van der Waals surface area contributed by atoms with Crippen LogP contribution in [0.5, 0.6) is 0 Å². The van der Waals surface area contributed by atoms with Crippen LogP contribution in [0.25, 0.3) is 0 Å². The largest absolute Gasteiger partial charge is 1.00 e. The van der Waals surface area contributed by atoms with E-state index in [2.05, 4.69) is 0 Å². The molecule has 0 saturated carbocycles. The van der Waals surface area contributed by atoms with Gasteiger partial charge in [0.05, 0.1) is 0 Å². The molecule has 6 nitrogen and oxygen atoms in total. The summed E-state index contributed by atoms with van der Waals surface area (Å²) in [5, 5.41) is 0. The predicted octanol–water partition coefficient (Wildman–Crippen LogP) is -3.43. The molecule has 0 heterocycles. The van der Waals surface area contributed by atoms with Gasteiger partial charge in [0.25, 0.3) is 0 Å². The van der Waals surface area contributed by atoms with Crippen LogP contribution in [0.4, 0.5) is 0 Å². The van der Waals surface area contributed by atoms with Gasteiger partial charge in [-0.05, 0) is 0 Å². The molecule has 0 aliphatic rings. The van der Waals surface area contributed by atoms with E-state index in [9.17, 15) is 0 Å². The monoisotopic (exact) mass is 206 g/mol. The maximum absolute atomic E-state index is 8.88. The van der Waals surface area contributed by atoms with Crippen molar-refractivity contribution in [3.8, 4) is 0 Å². The summed E-state index contributed by atoms with van der Waals surface area (Å²) < 4.78 is 8.88. The molecule has 0 amide bonds. The van der Waals surface area contributed by atoms with Gasteiger partial charge in [-0.2, -0.15) is 9.90 Å². The second kappa shape index (κ2) is 12.7. The number of phosphoric acid groups is 1. The second-order valence-corrected chi connectivity index (χ2v) is 1.54. The summed E-state index contributed by atoms with van der Waals surface area (Å²) in [6.07, 6.45) is 0. The molecule has 0 rings (SSSR count). The molecule has 0 radical (unpaired) electrons. The Bertz CT molecular complexity index is 67.4. The molecule has 0 aliphatic carbocycles. The van der Waals surface area contributed by atoms with Crippen molar-refractivity contribution in [1.29, 1.82) is 0 Å². The van der Waals surface area contributed by atoms with Crippen molar-refractivity contribution in [2.24, 2.45) is 0 Å². The molecule has 58 valence electrons. The fourth-order valence-corrected chi connectivity index (χ4v) is 0. The minimum absolute atomic E-state index is 0. The maximum Gasteiger partial charge on any atom is 1.00 e. The van der Waals surface area contributed by atoms with Crippen molar-refractivity contribution in [2.45, 2.75) is 0 Å². The zero-order chi connectivity index (χ0) is 4.50. The van der Waals surface area contributed by atoms with Gasteiger partial charge < -0.3 is 28.4 Å². The van der Waals surface area contributed by atoms with Gasteiger partial charge in [-0.25, -0.2) is 4.57 Å². The number of hydrogen-bond donors (Lipinski definition) is 5. The van der Waals surface area contributed by atoms with Crippen LogP contribution in [0.2, 0.25) is 0 Å². The van der Waals surface area contributed by atoms with Crippen LogP contribution in [0, 0.1) is 0 Å². The zero-order valence-electron chi connectivity index (χ0n) is 6.32. The topological polar surface area (TPSA) is 148 Å². The SMILES string of the molecule is N.N.O=P(O)(O)O.P.[H-].[K+]. The fraction of sp³-hybridized carbons (Fsp3) is 0. The molecular weight excluding hydrogens is 193 g/mol. The molecular formula is H13KN2O4P2. The van der Waals surface area contributed by atoms with Gasteiger partial charge in [-0.15, -0.1) is 0 Å². The molecule has 9 N–H and O–H groups in total. The fourth-order valence-electron chi connectivity index (χ4n) is 0. The quantitative estimate of drug-likeness (QED) is 0.206. The summed E-state index contributed by atoms with van der Waals surface area (Å²) in [6, 6.07) is 0. The van der Waals surface area contributed by atoms with Gasteiger partial charge in [-0.1, -0.05) is 0 Å². The van der Waals surface area contributed by atoms with E-state index in [0.717, 1.165) is 0 Å². The maximum atomic E-state index is 8.88. The molecule has 0 bridgehead atoms. The molecule has 9 heavy (non-hydrogen) atoms. The average Bonchev–Trinajstić information content (AvgIpc) is 0.722. The van der Waals surface area contributed by atoms with Crippen LogP contribution in [0.15, 0.2) is 0 Å². The molecule has 1 atom stereocenters. The predicted molar refractivity (Wildman–Crippen MR) is 36.5 cm³/mol. The van der Waals surface area contributed by atoms with Gasteiger partial charge in [0.2, 0.25) is 0 Å². The molecule has 0 spiro atoms. The third kappa shape index (κ3) is 151. The number of hydrogen-bond acceptors (Lipinski definition) is 3. The Hall–Kier alpha value is 2.10. The second-order valence-electron chi connectivity index (χ2n) is 0.513. The molecule has 9 heteroatoms. The van der Waals surface area contributed by atoms with Crippen LogP contribution in [0.3, 0.4) is 0 Å². The Balaban J connectivity index is -0.00000000800. The Kier molecular flexibility index (Phi) is 43.1. The van der Waals surface area contributed by atoms with Crippen LogP contribution in [0.1, 0.15) is 1.43 Å². The van der Waals surface area contributed by atoms with Crippen molar-refractivity contribution >= 4 is 17.7 Å². The molecule has 0 saturated heterocycles. The summed E-state index contributed by atoms with van der Waals surface area (Å²) in [7, 11) is -4.64. The van der Waals surface area contributed by atoms with E-state index in [0.29, 0.717) is 0 Å². The van der Waals surface area contributed by atoms with Crippen LogP contribution >= 0.6 is 17.7 Å². The molecule has 0 aromatic carbocycles. The van der Waals surface area contributed by atoms with Crippen LogP contribution in [-0.2, 0) is 4.57 Å². The Morgan fingerprint density at radius 2 is 1.11 bits per heavy atom. The summed E-state index contributed by atoms with van der Waals surface area (Å²) in [4.78, 5) is 21.6. The van der Waals surface area contributed by atoms with Crippen molar-refractivity contribution in [1.82, 2.24) is 12.3 Å². The average molecular weight is 206 g/mol. The standard InChI is InChI=1S/K.2H3N.H3O4P.H3P.H/c;;;1-5(2,3)4;;/h;2*1H3;(H3,1,2,3,4);1H3;/q+1;;;;;-1. The van der Waals surface area contributed by atoms with E-state index in [1.807, 2.05) is 0 Å². The first kappa shape index (κ1) is 30.4. The van der Waals surface area contributed by atoms with E-state index in [-0.39, 0.29) is 75.0 Å². The minimum Gasteiger partial charge on any atom is -1.00 e. The van der Waals surface area contributed by atoms with Gasteiger partial charge in [0, 0.05) is 0 Å². The summed E-state index contributed by atoms with van der Waals surface area (Å²) >= 11 is 0. The molecule has 1 unspecified atom stereocenters. The minimum atomic E-state index is -4.64. The van der Waals surface area contributed by atoms with E-state index in [4.69, 9.17) is 19.2 Å². The third-order valence-electron chi connectivity index (χ3n) is 0. The van der Waals surface area contributed by atoms with Crippen molar-refractivity contribution < 1.29 is 72.1 Å². The van der Waals surface area contributed by atoms with E-state index >= 15 is 0 Å². The van der Waals surface area contributed by atoms with Crippen LogP contribution in [-0.4, -0.2) is 14.7 Å². The first-order valence-electron chi connectivity index (χ1n) is 0.783. The Morgan fingerprint density at radius 3 is 1.11 bits per heavy atom. The van der Waals surface area contributed by atoms with E-state index in [1.54, 1.807) is 0 Å². The molecule has 0 aromatic heterocycles. The summed E-state index contributed by atoms with van der Waals surface area (Å²) in [5.74, 6) is 0. The Morgan fingerprint density at radius 1 is 1.11 bits per heavy atom. The summed E-state index contributed by atoms with van der Waals surface area (Å²) in [5.41, 5.74) is 0. The molecule has 0 aromatic rings. The normalized spacial score (nSPS) is 6.56. The van der Waals surface area contributed by atoms with Crippen molar-refractivity contribution in [3.63, 3.8) is 0 Å². The molecule has 0 fully saturated rings. The summed E-state index contributed by atoms with van der Waals surface area (Å²) in [6.45, 7) is 0. The van der Waals surface area contributed by atoms with Gasteiger partial charge >= 0.3 is 59.2 Å². The van der Waals surface area contributed by atoms with Crippen molar-refractivity contribution in [2.75, 3.05) is 0 Å². The van der Waals surface area contributed by atoms with Crippen LogP contribution < -0.4 is 63.7 Å². The number of rotatable bonds is 0. The smallest absolute Gasteiger partial charge is 1.00 e. The molecule has 0 aliphatic heterocycles. The first-order valence-corrected chi connectivity index (χ1v) is 2.35.